The van der Waals surface area contributed by atoms with Gasteiger partial charge in [-0.3, -0.25) is 14.4 Å². The molecule has 0 aliphatic heterocycles. The number of rotatable bonds is 11. The minimum absolute atomic E-state index is 0.0222. The van der Waals surface area contributed by atoms with Crippen molar-refractivity contribution in [2.75, 3.05) is 19.7 Å². The molecular formula is C23H27N3O6. The Labute approximate surface area is 186 Å². The zero-order valence-electron chi connectivity index (χ0n) is 17.8. The molecule has 2 aromatic carbocycles. The average Bonchev–Trinajstić information content (AvgIpc) is 2.78. The molecule has 0 saturated carbocycles. The summed E-state index contributed by atoms with van der Waals surface area (Å²) >= 11 is 0. The second-order valence-corrected chi connectivity index (χ2v) is 6.88. The van der Waals surface area contributed by atoms with E-state index >= 15 is 0 Å². The summed E-state index contributed by atoms with van der Waals surface area (Å²) in [6.07, 6.45) is -0.938. The highest BCUT2D eigenvalue weighted by Gasteiger charge is 2.18. The third kappa shape index (κ3) is 8.47. The van der Waals surface area contributed by atoms with Crippen LogP contribution in [0.25, 0.3) is 11.1 Å². The van der Waals surface area contributed by atoms with Crippen molar-refractivity contribution in [2.45, 2.75) is 25.8 Å². The van der Waals surface area contributed by atoms with Crippen molar-refractivity contribution >= 4 is 23.9 Å². The summed E-state index contributed by atoms with van der Waals surface area (Å²) in [6.45, 7) is 1.66. The van der Waals surface area contributed by atoms with Crippen LogP contribution in [0.2, 0.25) is 0 Å². The molecule has 4 N–H and O–H groups in total. The number of carboxylic acid groups (broad SMARTS) is 1. The van der Waals surface area contributed by atoms with Crippen LogP contribution >= 0.6 is 0 Å². The molecule has 0 aliphatic carbocycles. The molecule has 32 heavy (non-hydrogen) atoms. The molecule has 2 aromatic rings. The van der Waals surface area contributed by atoms with Crippen molar-refractivity contribution in [3.63, 3.8) is 0 Å². The van der Waals surface area contributed by atoms with Crippen molar-refractivity contribution in [1.29, 1.82) is 0 Å². The fourth-order valence-corrected chi connectivity index (χ4v) is 2.94. The van der Waals surface area contributed by atoms with Crippen LogP contribution in [0.5, 0.6) is 0 Å². The van der Waals surface area contributed by atoms with E-state index < -0.39 is 29.9 Å². The third-order valence-electron chi connectivity index (χ3n) is 4.48. The zero-order chi connectivity index (χ0) is 23.3. The number of carbonyl (C=O) groups excluding carboxylic acids is 3. The van der Waals surface area contributed by atoms with Gasteiger partial charge in [0, 0.05) is 13.0 Å². The summed E-state index contributed by atoms with van der Waals surface area (Å²) in [5, 5.41) is 16.7. The van der Waals surface area contributed by atoms with E-state index in [0.29, 0.717) is 5.56 Å². The maximum atomic E-state index is 12.3. The molecule has 1 unspecified atom stereocenters. The molecule has 0 bridgehead atoms. The van der Waals surface area contributed by atoms with Gasteiger partial charge in [0.15, 0.2) is 0 Å². The van der Waals surface area contributed by atoms with Crippen molar-refractivity contribution in [3.05, 3.63) is 60.2 Å². The Morgan fingerprint density at radius 3 is 2.19 bits per heavy atom. The lowest BCUT2D eigenvalue weighted by molar-refractivity contribution is -0.138. The lowest BCUT2D eigenvalue weighted by atomic mass is 9.99. The number of nitrogens with one attached hydrogen (secondary N) is 3. The van der Waals surface area contributed by atoms with E-state index in [1.165, 1.54) is 0 Å². The smallest absolute Gasteiger partial charge is 0.407 e. The van der Waals surface area contributed by atoms with Gasteiger partial charge in [-0.15, -0.1) is 0 Å². The first-order valence-electron chi connectivity index (χ1n) is 10.2. The Balaban J connectivity index is 1.88. The van der Waals surface area contributed by atoms with E-state index in [-0.39, 0.29) is 32.5 Å². The van der Waals surface area contributed by atoms with Crippen molar-refractivity contribution in [2.24, 2.45) is 0 Å². The first kappa shape index (κ1) is 24.4. The average molecular weight is 441 g/mol. The predicted octanol–water partition coefficient (Wildman–Crippen LogP) is 2.24. The van der Waals surface area contributed by atoms with E-state index in [1.54, 1.807) is 19.1 Å². The van der Waals surface area contributed by atoms with Crippen LogP contribution < -0.4 is 16.0 Å². The summed E-state index contributed by atoms with van der Waals surface area (Å²) in [4.78, 5) is 46.5. The topological polar surface area (TPSA) is 134 Å². The Hall–Kier alpha value is -3.88. The van der Waals surface area contributed by atoms with Gasteiger partial charge in [-0.05, 0) is 23.6 Å². The maximum Gasteiger partial charge on any atom is 0.407 e. The van der Waals surface area contributed by atoms with Crippen molar-refractivity contribution in [3.8, 4) is 11.1 Å². The van der Waals surface area contributed by atoms with Crippen LogP contribution in [-0.2, 0) is 19.1 Å². The molecule has 0 heterocycles. The Bertz CT molecular complexity index is 915. The van der Waals surface area contributed by atoms with Gasteiger partial charge < -0.3 is 25.8 Å². The number of amides is 3. The van der Waals surface area contributed by atoms with E-state index in [0.717, 1.165) is 11.1 Å². The number of carboxylic acids is 1. The highest BCUT2D eigenvalue weighted by atomic mass is 16.5. The van der Waals surface area contributed by atoms with Crippen LogP contribution in [0, 0.1) is 0 Å². The molecule has 3 amide bonds. The normalized spacial score (nSPS) is 11.2. The first-order valence-corrected chi connectivity index (χ1v) is 10.2. The second-order valence-electron chi connectivity index (χ2n) is 6.88. The monoisotopic (exact) mass is 441 g/mol. The van der Waals surface area contributed by atoms with Gasteiger partial charge >= 0.3 is 12.1 Å². The molecule has 1 atom stereocenters. The van der Waals surface area contributed by atoms with Crippen molar-refractivity contribution < 1.29 is 29.0 Å². The molecule has 9 nitrogen and oxygen atoms in total. The number of hydrogen-bond donors (Lipinski definition) is 4. The molecule has 2 rings (SSSR count). The van der Waals surface area contributed by atoms with Crippen LogP contribution in [-0.4, -0.2) is 48.7 Å². The molecule has 9 heteroatoms. The highest BCUT2D eigenvalue weighted by molar-refractivity contribution is 5.85. The fraction of sp³-hybridized carbons (Fsp3) is 0.304. The summed E-state index contributed by atoms with van der Waals surface area (Å²) < 4.78 is 4.68. The van der Waals surface area contributed by atoms with Gasteiger partial charge in [0.25, 0.3) is 0 Å². The molecule has 0 aromatic heterocycles. The molecule has 0 aliphatic rings. The van der Waals surface area contributed by atoms with E-state index in [4.69, 9.17) is 0 Å². The lowest BCUT2D eigenvalue weighted by Crippen LogP contribution is -2.40. The quantitative estimate of drug-likeness (QED) is 0.423. The van der Waals surface area contributed by atoms with Gasteiger partial charge in [0.1, 0.15) is 0 Å². The van der Waals surface area contributed by atoms with Gasteiger partial charge in [-0.2, -0.15) is 0 Å². The van der Waals surface area contributed by atoms with E-state index in [9.17, 15) is 24.3 Å². The highest BCUT2D eigenvalue weighted by Crippen LogP contribution is 2.23. The fourth-order valence-electron chi connectivity index (χ4n) is 2.94. The van der Waals surface area contributed by atoms with Crippen LogP contribution in [0.4, 0.5) is 4.79 Å². The second kappa shape index (κ2) is 12.7. The first-order chi connectivity index (χ1) is 15.4. The molecular weight excluding hydrogens is 414 g/mol. The van der Waals surface area contributed by atoms with Crippen molar-refractivity contribution in [1.82, 2.24) is 16.0 Å². The Morgan fingerprint density at radius 1 is 0.906 bits per heavy atom. The van der Waals surface area contributed by atoms with Crippen LogP contribution in [0.3, 0.4) is 0 Å². The van der Waals surface area contributed by atoms with Gasteiger partial charge in [0.2, 0.25) is 11.8 Å². The largest absolute Gasteiger partial charge is 0.481 e. The minimum atomic E-state index is -1.06. The number of aliphatic carboxylic acids is 1. The Morgan fingerprint density at radius 2 is 1.56 bits per heavy atom. The summed E-state index contributed by atoms with van der Waals surface area (Å²) in [7, 11) is 0. The zero-order valence-corrected chi connectivity index (χ0v) is 17.8. The number of ether oxygens (including phenoxy) is 1. The van der Waals surface area contributed by atoms with Gasteiger partial charge in [0.05, 0.1) is 25.6 Å². The summed E-state index contributed by atoms with van der Waals surface area (Å²) in [6, 6.07) is 16.3. The maximum absolute atomic E-state index is 12.3. The number of carbonyl (C=O) groups is 4. The van der Waals surface area contributed by atoms with Gasteiger partial charge in [-0.1, -0.05) is 54.6 Å². The standard InChI is InChI=1S/C23H27N3O6/c1-2-32-23(31)24-13-12-20(27)25-15-21(28)26-19(14-22(29)30)18-10-8-17(9-11-18)16-6-4-3-5-7-16/h3-11,19H,2,12-15H2,1H3,(H,24,31)(H,25,27)(H,26,28)(H,29,30). The molecule has 0 fully saturated rings. The number of alkyl carbamates (subject to hydrolysis) is 1. The van der Waals surface area contributed by atoms with E-state index in [1.807, 2.05) is 42.5 Å². The van der Waals surface area contributed by atoms with Crippen LogP contribution in [0.1, 0.15) is 31.4 Å². The SMILES string of the molecule is CCOC(=O)NCCC(=O)NCC(=O)NC(CC(=O)O)c1ccc(-c2ccccc2)cc1. The number of benzene rings is 2. The summed E-state index contributed by atoms with van der Waals surface area (Å²) in [5.74, 6) is -2.01. The Kier molecular flexibility index (Phi) is 9.70. The predicted molar refractivity (Wildman–Crippen MR) is 118 cm³/mol. The summed E-state index contributed by atoms with van der Waals surface area (Å²) in [5.41, 5.74) is 2.64. The number of hydrogen-bond acceptors (Lipinski definition) is 5. The minimum Gasteiger partial charge on any atom is -0.481 e. The third-order valence-corrected chi connectivity index (χ3v) is 4.48. The molecule has 0 spiro atoms. The molecule has 0 radical (unpaired) electrons. The van der Waals surface area contributed by atoms with Gasteiger partial charge in [-0.25, -0.2) is 4.79 Å². The lowest BCUT2D eigenvalue weighted by Gasteiger charge is -2.18. The van der Waals surface area contributed by atoms with Crippen LogP contribution in [0.15, 0.2) is 54.6 Å². The van der Waals surface area contributed by atoms with E-state index in [2.05, 4.69) is 20.7 Å². The molecule has 0 saturated heterocycles. The molecule has 170 valence electrons.